The number of anilines is 1. The molecule has 2 rings (SSSR count). The first-order valence-corrected chi connectivity index (χ1v) is 9.02. The molecule has 0 bridgehead atoms. The monoisotopic (exact) mass is 339 g/mol. The number of nitrogens with zero attached hydrogens (tertiary/aromatic N) is 1. The Morgan fingerprint density at radius 1 is 1.52 bits per heavy atom. The Labute approximate surface area is 140 Å². The summed E-state index contributed by atoms with van der Waals surface area (Å²) in [7, 11) is 0. The number of nitrogen functional groups attached to an aromatic ring is 1. The molecule has 1 aromatic heterocycles. The highest BCUT2D eigenvalue weighted by molar-refractivity contribution is 7.99. The number of nitrogens with two attached hydrogens (primary N) is 1. The number of aromatic amines is 1. The topological polar surface area (TPSA) is 98.1 Å². The molecule has 0 aromatic carbocycles. The Bertz CT molecular complexity index is 602. The molecule has 1 aromatic rings. The third-order valence-corrected chi connectivity index (χ3v) is 5.16. The third-order valence-electron chi connectivity index (χ3n) is 4.31. The van der Waals surface area contributed by atoms with Gasteiger partial charge in [-0.25, -0.2) is 4.98 Å². The normalized spacial score (nSPS) is 24.6. The molecule has 3 atom stereocenters. The van der Waals surface area contributed by atoms with Crippen LogP contribution in [-0.4, -0.2) is 27.8 Å². The fourth-order valence-electron chi connectivity index (χ4n) is 3.10. The smallest absolute Gasteiger partial charge is 0.316 e. The molecule has 1 aliphatic carbocycles. The van der Waals surface area contributed by atoms with Gasteiger partial charge in [0.05, 0.1) is 5.75 Å². The highest BCUT2D eigenvalue weighted by Crippen LogP contribution is 2.35. The van der Waals surface area contributed by atoms with Gasteiger partial charge in [-0.15, -0.1) is 0 Å². The van der Waals surface area contributed by atoms with Crippen molar-refractivity contribution in [1.82, 2.24) is 9.97 Å². The van der Waals surface area contributed by atoms with Gasteiger partial charge in [0.25, 0.3) is 5.56 Å². The molecule has 1 heterocycles. The summed E-state index contributed by atoms with van der Waals surface area (Å²) >= 11 is 1.13. The lowest BCUT2D eigenvalue weighted by Crippen LogP contribution is -2.36. The van der Waals surface area contributed by atoms with E-state index < -0.39 is 0 Å². The highest BCUT2D eigenvalue weighted by atomic mass is 32.2. The Hall–Kier alpha value is -1.50. The van der Waals surface area contributed by atoms with Crippen LogP contribution in [0.15, 0.2) is 16.0 Å². The summed E-state index contributed by atoms with van der Waals surface area (Å²) in [5.74, 6) is 1.49. The Balaban J connectivity index is 1.91. The van der Waals surface area contributed by atoms with E-state index in [0.717, 1.165) is 24.6 Å². The molecule has 3 N–H and O–H groups in total. The lowest BCUT2D eigenvalue weighted by atomic mass is 9.75. The van der Waals surface area contributed by atoms with Crippen LogP contribution in [0, 0.1) is 17.8 Å². The van der Waals surface area contributed by atoms with Crippen molar-refractivity contribution < 1.29 is 9.53 Å². The van der Waals surface area contributed by atoms with Crippen LogP contribution in [-0.2, 0) is 9.53 Å². The summed E-state index contributed by atoms with van der Waals surface area (Å²) < 4.78 is 5.71. The number of nitrogens with one attached hydrogen (secondary N) is 1. The number of thioether (sulfide) groups is 1. The van der Waals surface area contributed by atoms with Gasteiger partial charge in [-0.3, -0.25) is 9.59 Å². The summed E-state index contributed by atoms with van der Waals surface area (Å²) in [6.07, 6.45) is 3.21. The van der Waals surface area contributed by atoms with Gasteiger partial charge in [0.1, 0.15) is 11.9 Å². The number of hydrogen-bond acceptors (Lipinski definition) is 6. The number of hydrogen-bond donors (Lipinski definition) is 2. The second-order valence-electron chi connectivity index (χ2n) is 6.62. The molecule has 0 radical (unpaired) electrons. The molecular formula is C16H25N3O3S. The number of carbonyl (C=O) groups is 1. The minimum absolute atomic E-state index is 0.0142. The number of H-pyrrole nitrogens is 1. The Kier molecular flexibility index (Phi) is 6.10. The molecule has 1 fully saturated rings. The summed E-state index contributed by atoms with van der Waals surface area (Å²) in [4.78, 5) is 30.0. The molecule has 6 nitrogen and oxygen atoms in total. The van der Waals surface area contributed by atoms with Crippen molar-refractivity contribution in [3.63, 3.8) is 0 Å². The molecule has 0 amide bonds. The molecule has 128 valence electrons. The van der Waals surface area contributed by atoms with Gasteiger partial charge in [0.2, 0.25) is 0 Å². The Morgan fingerprint density at radius 3 is 2.91 bits per heavy atom. The summed E-state index contributed by atoms with van der Waals surface area (Å²) in [6.45, 7) is 6.56. The van der Waals surface area contributed by atoms with Crippen LogP contribution in [0.1, 0.15) is 40.0 Å². The van der Waals surface area contributed by atoms with Crippen molar-refractivity contribution in [2.75, 3.05) is 11.5 Å². The van der Waals surface area contributed by atoms with Gasteiger partial charge in [-0.2, -0.15) is 0 Å². The zero-order valence-corrected chi connectivity index (χ0v) is 14.7. The molecule has 0 saturated heterocycles. The maximum absolute atomic E-state index is 12.1. The molecule has 0 spiro atoms. The van der Waals surface area contributed by atoms with Crippen molar-refractivity contribution in [2.45, 2.75) is 51.3 Å². The van der Waals surface area contributed by atoms with Gasteiger partial charge in [-0.1, -0.05) is 39.0 Å². The first kappa shape index (κ1) is 17.8. The van der Waals surface area contributed by atoms with E-state index in [9.17, 15) is 9.59 Å². The molecule has 23 heavy (non-hydrogen) atoms. The van der Waals surface area contributed by atoms with Crippen molar-refractivity contribution in [2.24, 2.45) is 17.8 Å². The summed E-state index contributed by atoms with van der Waals surface area (Å²) in [6, 6.07) is 1.21. The van der Waals surface area contributed by atoms with Crippen LogP contribution in [0.2, 0.25) is 0 Å². The van der Waals surface area contributed by atoms with Crippen molar-refractivity contribution in [3.8, 4) is 0 Å². The van der Waals surface area contributed by atoms with E-state index in [0.29, 0.717) is 22.9 Å². The van der Waals surface area contributed by atoms with E-state index in [1.807, 2.05) is 0 Å². The SMILES string of the molecule is CC(C)[C@H]1CC[C@@H](C)C[C@@H]1OC(=O)CSc1nc(N)cc(=O)[nH]1. The first-order chi connectivity index (χ1) is 10.8. The minimum atomic E-state index is -0.325. The quantitative estimate of drug-likeness (QED) is 0.486. The van der Waals surface area contributed by atoms with Crippen LogP contribution < -0.4 is 11.3 Å². The predicted molar refractivity (Wildman–Crippen MR) is 91.2 cm³/mol. The molecule has 7 heteroatoms. The average molecular weight is 339 g/mol. The Morgan fingerprint density at radius 2 is 2.26 bits per heavy atom. The number of ether oxygens (including phenoxy) is 1. The van der Waals surface area contributed by atoms with Crippen LogP contribution in [0.4, 0.5) is 5.82 Å². The number of carbonyl (C=O) groups excluding carboxylic acids is 1. The first-order valence-electron chi connectivity index (χ1n) is 8.04. The fraction of sp³-hybridized carbons (Fsp3) is 0.688. The van der Waals surface area contributed by atoms with E-state index in [-0.39, 0.29) is 29.2 Å². The van der Waals surface area contributed by atoms with Crippen LogP contribution in [0.25, 0.3) is 0 Å². The number of esters is 1. The van der Waals surface area contributed by atoms with Gasteiger partial charge < -0.3 is 15.5 Å². The lowest BCUT2D eigenvalue weighted by Gasteiger charge is -2.36. The van der Waals surface area contributed by atoms with Crippen LogP contribution in [0.5, 0.6) is 0 Å². The number of rotatable bonds is 5. The van der Waals surface area contributed by atoms with Crippen molar-refractivity contribution in [1.29, 1.82) is 0 Å². The maximum Gasteiger partial charge on any atom is 0.316 e. The minimum Gasteiger partial charge on any atom is -0.461 e. The average Bonchev–Trinajstić information content (AvgIpc) is 2.44. The fourth-order valence-corrected chi connectivity index (χ4v) is 3.77. The maximum atomic E-state index is 12.1. The summed E-state index contributed by atoms with van der Waals surface area (Å²) in [5, 5.41) is 0.337. The van der Waals surface area contributed by atoms with E-state index in [1.54, 1.807) is 0 Å². The van der Waals surface area contributed by atoms with Gasteiger partial charge in [0.15, 0.2) is 5.16 Å². The molecular weight excluding hydrogens is 314 g/mol. The van der Waals surface area contributed by atoms with Gasteiger partial charge in [0, 0.05) is 6.07 Å². The molecule has 0 unspecified atom stereocenters. The van der Waals surface area contributed by atoms with Crippen LogP contribution >= 0.6 is 11.8 Å². The molecule has 0 aliphatic heterocycles. The lowest BCUT2D eigenvalue weighted by molar-refractivity contribution is -0.152. The van der Waals surface area contributed by atoms with Crippen LogP contribution in [0.3, 0.4) is 0 Å². The highest BCUT2D eigenvalue weighted by Gasteiger charge is 2.33. The number of aromatic nitrogens is 2. The largest absolute Gasteiger partial charge is 0.461 e. The van der Waals surface area contributed by atoms with Gasteiger partial charge in [-0.05, 0) is 30.6 Å². The zero-order valence-electron chi connectivity index (χ0n) is 13.9. The molecule has 1 aliphatic rings. The standard InChI is InChI=1S/C16H25N3O3S/c1-9(2)11-5-4-10(3)6-12(11)22-15(21)8-23-16-18-13(17)7-14(20)19-16/h7,9-12H,4-6,8H2,1-3H3,(H3,17,18,19,20)/t10-,11-,12+/m1/s1. The summed E-state index contributed by atoms with van der Waals surface area (Å²) in [5.41, 5.74) is 5.20. The van der Waals surface area contributed by atoms with E-state index in [2.05, 4.69) is 30.7 Å². The van der Waals surface area contributed by atoms with E-state index in [4.69, 9.17) is 10.5 Å². The predicted octanol–water partition coefficient (Wildman–Crippen LogP) is 2.45. The second kappa shape index (κ2) is 7.86. The van der Waals surface area contributed by atoms with Crippen molar-refractivity contribution >= 4 is 23.5 Å². The van der Waals surface area contributed by atoms with Crippen molar-refractivity contribution in [3.05, 3.63) is 16.4 Å². The van der Waals surface area contributed by atoms with Gasteiger partial charge >= 0.3 is 5.97 Å². The zero-order chi connectivity index (χ0) is 17.0. The third kappa shape index (κ3) is 5.27. The van der Waals surface area contributed by atoms with E-state index >= 15 is 0 Å². The van der Waals surface area contributed by atoms with E-state index in [1.165, 1.54) is 12.5 Å². The second-order valence-corrected chi connectivity index (χ2v) is 7.58. The molecule has 1 saturated carbocycles.